The van der Waals surface area contributed by atoms with Crippen LogP contribution in [0.15, 0.2) is 54.2 Å². The zero-order valence-corrected chi connectivity index (χ0v) is 16.6. The van der Waals surface area contributed by atoms with Gasteiger partial charge >= 0.3 is 6.09 Å². The van der Waals surface area contributed by atoms with Crippen LogP contribution in [0.4, 0.5) is 13.6 Å². The van der Waals surface area contributed by atoms with Crippen molar-refractivity contribution in [2.24, 2.45) is 10.9 Å². The van der Waals surface area contributed by atoms with E-state index in [0.29, 0.717) is 43.1 Å². The number of piperidine rings is 1. The normalized spacial score (nSPS) is 15.0. The molecule has 156 valence electrons. The predicted molar refractivity (Wildman–Crippen MR) is 110 cm³/mol. The molecular formula is C22H22F2N4O2. The summed E-state index contributed by atoms with van der Waals surface area (Å²) in [6.45, 7) is 6.38. The standard InChI is InChI=1S/C22H22F2N4O2/c1-3-19(27-21(25)17-13-16(23)6-7-18(17)24)15-8-11-28(12-9-15)22(29)30-20-5-4-10-26-14(20)2/h3-7,10,13,15,25H,1,8-9,11-12H2,2H3. The Bertz CT molecular complexity index is 998. The Kier molecular flexibility index (Phi) is 6.66. The maximum absolute atomic E-state index is 13.9. The van der Waals surface area contributed by atoms with Gasteiger partial charge in [0.1, 0.15) is 11.6 Å². The Morgan fingerprint density at radius 1 is 1.33 bits per heavy atom. The number of halogens is 2. The molecule has 6 nitrogen and oxygen atoms in total. The lowest BCUT2D eigenvalue weighted by Crippen LogP contribution is -2.41. The van der Waals surface area contributed by atoms with Crippen molar-refractivity contribution in [2.45, 2.75) is 19.8 Å². The number of aromatic nitrogens is 1. The first-order chi connectivity index (χ1) is 14.4. The second kappa shape index (κ2) is 9.39. The third kappa shape index (κ3) is 4.94. The molecule has 0 saturated carbocycles. The van der Waals surface area contributed by atoms with Crippen LogP contribution in [0.3, 0.4) is 0 Å². The van der Waals surface area contributed by atoms with Gasteiger partial charge in [0.15, 0.2) is 11.6 Å². The van der Waals surface area contributed by atoms with Crippen LogP contribution >= 0.6 is 0 Å². The van der Waals surface area contributed by atoms with Gasteiger partial charge in [0, 0.05) is 30.9 Å². The Morgan fingerprint density at radius 2 is 2.07 bits per heavy atom. The molecule has 1 aliphatic heterocycles. The zero-order valence-electron chi connectivity index (χ0n) is 16.6. The second-order valence-electron chi connectivity index (χ2n) is 6.93. The van der Waals surface area contributed by atoms with E-state index in [2.05, 4.69) is 16.6 Å². The van der Waals surface area contributed by atoms with Crippen LogP contribution in [-0.4, -0.2) is 40.6 Å². The molecule has 0 atom stereocenters. The first-order valence-corrected chi connectivity index (χ1v) is 9.52. The van der Waals surface area contributed by atoms with Crippen molar-refractivity contribution in [3.8, 4) is 5.75 Å². The van der Waals surface area contributed by atoms with Gasteiger partial charge in [-0.25, -0.2) is 18.6 Å². The molecule has 0 spiro atoms. The number of aliphatic imine (C=N–C) groups is 1. The summed E-state index contributed by atoms with van der Waals surface area (Å²) in [6.07, 6.45) is 3.87. The average Bonchev–Trinajstić information content (AvgIpc) is 2.75. The van der Waals surface area contributed by atoms with Crippen molar-refractivity contribution in [1.29, 1.82) is 5.41 Å². The van der Waals surface area contributed by atoms with Crippen LogP contribution in [0, 0.1) is 29.9 Å². The molecule has 1 aliphatic rings. The van der Waals surface area contributed by atoms with Crippen molar-refractivity contribution in [3.63, 3.8) is 0 Å². The molecule has 2 heterocycles. The van der Waals surface area contributed by atoms with E-state index < -0.39 is 17.7 Å². The first-order valence-electron chi connectivity index (χ1n) is 9.52. The quantitative estimate of drug-likeness (QED) is 0.592. The summed E-state index contributed by atoms with van der Waals surface area (Å²) in [7, 11) is 0. The number of benzene rings is 1. The summed E-state index contributed by atoms with van der Waals surface area (Å²) < 4.78 is 32.7. The molecule has 1 amide bonds. The Hall–Kier alpha value is -3.42. The van der Waals surface area contributed by atoms with Gasteiger partial charge < -0.3 is 9.64 Å². The molecule has 1 aromatic heterocycles. The number of nitrogens with one attached hydrogen (secondary N) is 1. The van der Waals surface area contributed by atoms with Crippen LogP contribution < -0.4 is 4.74 Å². The van der Waals surface area contributed by atoms with Gasteiger partial charge in [0.05, 0.1) is 11.3 Å². The summed E-state index contributed by atoms with van der Waals surface area (Å²) in [5, 5.41) is 8.04. The van der Waals surface area contributed by atoms with E-state index in [1.165, 1.54) is 6.08 Å². The number of amidine groups is 1. The number of likely N-dealkylation sites (tertiary alicyclic amines) is 1. The van der Waals surface area contributed by atoms with Gasteiger partial charge in [-0.15, -0.1) is 0 Å². The van der Waals surface area contributed by atoms with E-state index in [4.69, 9.17) is 10.1 Å². The zero-order chi connectivity index (χ0) is 21.7. The molecule has 1 fully saturated rings. The molecular weight excluding hydrogens is 390 g/mol. The average molecular weight is 412 g/mol. The number of aryl methyl sites for hydroxylation is 1. The summed E-state index contributed by atoms with van der Waals surface area (Å²) in [5.74, 6) is -1.35. The number of carbonyl (C=O) groups excluding carboxylic acids is 1. The molecule has 0 aliphatic carbocycles. The van der Waals surface area contributed by atoms with Crippen molar-refractivity contribution >= 4 is 17.6 Å². The fraction of sp³-hybridized carbons (Fsp3) is 0.273. The molecule has 3 rings (SSSR count). The molecule has 1 aromatic carbocycles. The molecule has 0 unspecified atom stereocenters. The molecule has 8 heteroatoms. The lowest BCUT2D eigenvalue weighted by molar-refractivity contribution is 0.137. The SMILES string of the molecule is C=CC(=NC(=N)c1cc(F)ccc1F)C1CCN(C(=O)Oc2cccnc2C)CC1. The number of allylic oxidation sites excluding steroid dienone is 1. The van der Waals surface area contributed by atoms with Crippen molar-refractivity contribution in [2.75, 3.05) is 13.1 Å². The number of rotatable bonds is 4. The topological polar surface area (TPSA) is 78.6 Å². The monoisotopic (exact) mass is 412 g/mol. The highest BCUT2D eigenvalue weighted by Gasteiger charge is 2.27. The summed E-state index contributed by atoms with van der Waals surface area (Å²) in [5.41, 5.74) is 0.937. The predicted octanol–water partition coefficient (Wildman–Crippen LogP) is 4.53. The largest absolute Gasteiger partial charge is 0.415 e. The Morgan fingerprint density at radius 3 is 2.73 bits per heavy atom. The third-order valence-corrected chi connectivity index (χ3v) is 4.96. The number of ether oxygens (including phenoxy) is 1. The summed E-state index contributed by atoms with van der Waals surface area (Å²) >= 11 is 0. The van der Waals surface area contributed by atoms with Gasteiger partial charge in [0.2, 0.25) is 0 Å². The van der Waals surface area contributed by atoms with Gasteiger partial charge in [-0.3, -0.25) is 10.4 Å². The van der Waals surface area contributed by atoms with Crippen LogP contribution in [0.5, 0.6) is 5.75 Å². The molecule has 2 aromatic rings. The number of amides is 1. The minimum absolute atomic E-state index is 0.0522. The fourth-order valence-electron chi connectivity index (χ4n) is 3.27. The van der Waals surface area contributed by atoms with Crippen molar-refractivity contribution in [1.82, 2.24) is 9.88 Å². The highest BCUT2D eigenvalue weighted by Crippen LogP contribution is 2.22. The van der Waals surface area contributed by atoms with Gasteiger partial charge in [-0.1, -0.05) is 6.58 Å². The van der Waals surface area contributed by atoms with Gasteiger partial charge in [0.25, 0.3) is 0 Å². The smallest absolute Gasteiger partial charge is 0.408 e. The van der Waals surface area contributed by atoms with E-state index in [1.54, 1.807) is 30.2 Å². The minimum Gasteiger partial charge on any atom is -0.408 e. The lowest BCUT2D eigenvalue weighted by atomic mass is 9.92. The molecule has 30 heavy (non-hydrogen) atoms. The number of carbonyl (C=O) groups is 1. The molecule has 1 saturated heterocycles. The van der Waals surface area contributed by atoms with E-state index >= 15 is 0 Å². The van der Waals surface area contributed by atoms with Crippen molar-refractivity contribution < 1.29 is 18.3 Å². The summed E-state index contributed by atoms with van der Waals surface area (Å²) in [4.78, 5) is 22.3. The fourth-order valence-corrected chi connectivity index (χ4v) is 3.27. The maximum atomic E-state index is 13.9. The highest BCUT2D eigenvalue weighted by molar-refractivity contribution is 6.09. The molecule has 0 bridgehead atoms. The number of nitrogens with zero attached hydrogens (tertiary/aromatic N) is 3. The van der Waals surface area contributed by atoms with Crippen LogP contribution in [0.25, 0.3) is 0 Å². The Labute approximate surface area is 173 Å². The van der Waals surface area contributed by atoms with Gasteiger partial charge in [-0.2, -0.15) is 0 Å². The molecule has 1 N–H and O–H groups in total. The highest BCUT2D eigenvalue weighted by atomic mass is 19.1. The van der Waals surface area contributed by atoms with E-state index in [-0.39, 0.29) is 17.3 Å². The second-order valence-corrected chi connectivity index (χ2v) is 6.93. The van der Waals surface area contributed by atoms with Crippen LogP contribution in [0.2, 0.25) is 0 Å². The maximum Gasteiger partial charge on any atom is 0.415 e. The number of hydrogen-bond acceptors (Lipinski definition) is 4. The summed E-state index contributed by atoms with van der Waals surface area (Å²) in [6, 6.07) is 6.29. The first kappa shape index (κ1) is 21.3. The number of hydrogen-bond donors (Lipinski definition) is 1. The lowest BCUT2D eigenvalue weighted by Gasteiger charge is -2.31. The van der Waals surface area contributed by atoms with E-state index in [9.17, 15) is 13.6 Å². The van der Waals surface area contributed by atoms with Crippen LogP contribution in [-0.2, 0) is 0 Å². The molecule has 0 radical (unpaired) electrons. The minimum atomic E-state index is -0.711. The third-order valence-electron chi connectivity index (χ3n) is 4.96. The van der Waals surface area contributed by atoms with Crippen LogP contribution in [0.1, 0.15) is 24.1 Å². The van der Waals surface area contributed by atoms with Crippen molar-refractivity contribution in [3.05, 3.63) is 72.1 Å². The Balaban J connectivity index is 1.64. The van der Waals surface area contributed by atoms with Gasteiger partial charge in [-0.05, 0) is 56.2 Å². The van der Waals surface area contributed by atoms with E-state index in [1.807, 2.05) is 0 Å². The van der Waals surface area contributed by atoms with E-state index in [0.717, 1.165) is 18.2 Å². The number of pyridine rings is 1.